The number of nitrogens with zero attached hydrogens (tertiary/aromatic N) is 4. The lowest BCUT2D eigenvalue weighted by Gasteiger charge is -2.35. The maximum absolute atomic E-state index is 12.6. The number of amides is 1. The van der Waals surface area contributed by atoms with E-state index in [0.717, 1.165) is 11.4 Å². The predicted molar refractivity (Wildman–Crippen MR) is 93.8 cm³/mol. The summed E-state index contributed by atoms with van der Waals surface area (Å²) in [5, 5.41) is 12.4. The maximum Gasteiger partial charge on any atom is 0.307 e. The summed E-state index contributed by atoms with van der Waals surface area (Å²) in [5.41, 5.74) is 0.962. The van der Waals surface area contributed by atoms with Gasteiger partial charge in [-0.05, 0) is 24.1 Å². The number of carboxylic acid groups (broad SMARTS) is 1. The zero-order valence-electron chi connectivity index (χ0n) is 14.7. The van der Waals surface area contributed by atoms with Crippen LogP contribution < -0.4 is 5.32 Å². The molecule has 1 aliphatic rings. The van der Waals surface area contributed by atoms with Gasteiger partial charge in [-0.15, -0.1) is 0 Å². The van der Waals surface area contributed by atoms with Crippen molar-refractivity contribution < 1.29 is 14.7 Å². The first-order valence-corrected chi connectivity index (χ1v) is 8.61. The summed E-state index contributed by atoms with van der Waals surface area (Å²) in [7, 11) is 1.90. The van der Waals surface area contributed by atoms with E-state index >= 15 is 0 Å². The van der Waals surface area contributed by atoms with Gasteiger partial charge in [0, 0.05) is 51.5 Å². The van der Waals surface area contributed by atoms with Crippen molar-refractivity contribution in [1.82, 2.24) is 24.8 Å². The minimum Gasteiger partial charge on any atom is -0.481 e. The van der Waals surface area contributed by atoms with E-state index in [-0.39, 0.29) is 11.8 Å². The molecule has 0 aromatic carbocycles. The van der Waals surface area contributed by atoms with Crippen LogP contribution in [0.5, 0.6) is 0 Å². The predicted octanol–water partition coefficient (Wildman–Crippen LogP) is 0.654. The van der Waals surface area contributed by atoms with Crippen molar-refractivity contribution >= 4 is 11.9 Å². The monoisotopic (exact) mass is 357 g/mol. The number of imidazole rings is 1. The molecule has 8 heteroatoms. The van der Waals surface area contributed by atoms with Crippen LogP contribution in [0.15, 0.2) is 36.9 Å². The second-order valence-corrected chi connectivity index (χ2v) is 6.69. The fourth-order valence-corrected chi connectivity index (χ4v) is 3.27. The normalized spacial score (nSPS) is 20.7. The summed E-state index contributed by atoms with van der Waals surface area (Å²) in [4.78, 5) is 34.4. The molecule has 1 aliphatic heterocycles. The standard InChI is InChI=1S/C18H23N5O3/c1-22-7-6-20-16(22)12-23-10-14(8-15(11-23)18(25)26)17(24)21-9-13-2-4-19-5-3-13/h2-7,14-15H,8-12H2,1H3,(H,21,24)(H,25,26)/t14-,15+/m1/s1. The van der Waals surface area contributed by atoms with E-state index in [4.69, 9.17) is 0 Å². The number of likely N-dealkylation sites (tertiary alicyclic amines) is 1. The van der Waals surface area contributed by atoms with Crippen LogP contribution in [0.4, 0.5) is 0 Å². The average molecular weight is 357 g/mol. The second kappa shape index (κ2) is 8.09. The highest BCUT2D eigenvalue weighted by Crippen LogP contribution is 2.24. The van der Waals surface area contributed by atoms with Crippen molar-refractivity contribution in [2.45, 2.75) is 19.5 Å². The molecule has 0 saturated carbocycles. The van der Waals surface area contributed by atoms with Crippen molar-refractivity contribution in [2.24, 2.45) is 18.9 Å². The van der Waals surface area contributed by atoms with Crippen molar-refractivity contribution in [3.05, 3.63) is 48.3 Å². The van der Waals surface area contributed by atoms with Crippen molar-refractivity contribution in [3.63, 3.8) is 0 Å². The fraction of sp³-hybridized carbons (Fsp3) is 0.444. The van der Waals surface area contributed by atoms with Crippen LogP contribution in [-0.2, 0) is 29.7 Å². The van der Waals surface area contributed by atoms with Crippen LogP contribution in [0.25, 0.3) is 0 Å². The Balaban J connectivity index is 1.64. The third-order valence-electron chi connectivity index (χ3n) is 4.75. The Kier molecular flexibility index (Phi) is 5.62. The molecule has 2 aromatic heterocycles. The first kappa shape index (κ1) is 18.1. The second-order valence-electron chi connectivity index (χ2n) is 6.69. The molecule has 26 heavy (non-hydrogen) atoms. The van der Waals surface area contributed by atoms with Gasteiger partial charge in [0.05, 0.1) is 18.4 Å². The van der Waals surface area contributed by atoms with Gasteiger partial charge in [0.25, 0.3) is 0 Å². The number of aliphatic carboxylic acids is 1. The molecular weight excluding hydrogens is 334 g/mol. The minimum atomic E-state index is -0.860. The van der Waals surface area contributed by atoms with E-state index in [1.165, 1.54) is 0 Å². The summed E-state index contributed by atoms with van der Waals surface area (Å²) in [6.45, 7) is 1.89. The Hall–Kier alpha value is -2.74. The highest BCUT2D eigenvalue weighted by atomic mass is 16.4. The van der Waals surface area contributed by atoms with Crippen molar-refractivity contribution in [1.29, 1.82) is 0 Å². The van der Waals surface area contributed by atoms with Crippen LogP contribution in [-0.4, -0.2) is 49.5 Å². The number of hydrogen-bond donors (Lipinski definition) is 2. The number of carbonyl (C=O) groups is 2. The van der Waals surface area contributed by atoms with Crippen LogP contribution in [0.1, 0.15) is 17.8 Å². The third-order valence-corrected chi connectivity index (χ3v) is 4.75. The number of aryl methyl sites for hydroxylation is 1. The molecule has 2 N–H and O–H groups in total. The van der Waals surface area contributed by atoms with Crippen LogP contribution in [0.3, 0.4) is 0 Å². The lowest BCUT2D eigenvalue weighted by molar-refractivity contribution is -0.145. The van der Waals surface area contributed by atoms with Gasteiger partial charge in [-0.25, -0.2) is 4.98 Å². The molecule has 2 atom stereocenters. The SMILES string of the molecule is Cn1ccnc1CN1C[C@@H](C(=O)O)C[C@@H](C(=O)NCc2ccncc2)C1. The molecule has 0 radical (unpaired) electrons. The van der Waals surface area contributed by atoms with Crippen LogP contribution >= 0.6 is 0 Å². The van der Waals surface area contributed by atoms with Crippen LogP contribution in [0, 0.1) is 11.8 Å². The minimum absolute atomic E-state index is 0.113. The zero-order valence-corrected chi connectivity index (χ0v) is 14.7. The molecule has 1 saturated heterocycles. The van der Waals surface area contributed by atoms with E-state index in [1.54, 1.807) is 18.6 Å². The quantitative estimate of drug-likeness (QED) is 0.787. The summed E-state index contributed by atoms with van der Waals surface area (Å²) in [6, 6.07) is 3.68. The number of nitrogens with one attached hydrogen (secondary N) is 1. The molecule has 0 spiro atoms. The molecule has 3 heterocycles. The Morgan fingerprint density at radius 2 is 1.96 bits per heavy atom. The lowest BCUT2D eigenvalue weighted by Crippen LogP contribution is -2.48. The van der Waals surface area contributed by atoms with Gasteiger partial charge in [-0.2, -0.15) is 0 Å². The van der Waals surface area contributed by atoms with E-state index in [0.29, 0.717) is 32.6 Å². The first-order chi connectivity index (χ1) is 12.5. The van der Waals surface area contributed by atoms with Crippen molar-refractivity contribution in [3.8, 4) is 0 Å². The molecule has 1 fully saturated rings. The number of rotatable bonds is 6. The largest absolute Gasteiger partial charge is 0.481 e. The molecule has 8 nitrogen and oxygen atoms in total. The Labute approximate surface area is 151 Å². The van der Waals surface area contributed by atoms with E-state index in [1.807, 2.05) is 34.8 Å². The van der Waals surface area contributed by atoms with E-state index in [9.17, 15) is 14.7 Å². The van der Waals surface area contributed by atoms with Crippen LogP contribution in [0.2, 0.25) is 0 Å². The molecule has 1 amide bonds. The highest BCUT2D eigenvalue weighted by molar-refractivity contribution is 5.80. The Morgan fingerprint density at radius 1 is 1.23 bits per heavy atom. The smallest absolute Gasteiger partial charge is 0.307 e. The average Bonchev–Trinajstić information content (AvgIpc) is 3.05. The summed E-state index contributed by atoms with van der Waals surface area (Å²) >= 11 is 0. The molecule has 3 rings (SSSR count). The molecule has 0 bridgehead atoms. The molecular formula is C18H23N5O3. The number of piperidine rings is 1. The van der Waals surface area contributed by atoms with Gasteiger partial charge < -0.3 is 15.0 Å². The first-order valence-electron chi connectivity index (χ1n) is 8.61. The van der Waals surface area contributed by atoms with E-state index in [2.05, 4.69) is 15.3 Å². The number of aromatic nitrogens is 3. The summed E-state index contributed by atoms with van der Waals surface area (Å²) in [6.07, 6.45) is 7.28. The topological polar surface area (TPSA) is 100 Å². The van der Waals surface area contributed by atoms with Gasteiger partial charge in [-0.3, -0.25) is 19.5 Å². The Bertz CT molecular complexity index is 761. The van der Waals surface area contributed by atoms with Gasteiger partial charge in [0.15, 0.2) is 0 Å². The zero-order chi connectivity index (χ0) is 18.5. The maximum atomic E-state index is 12.6. The third kappa shape index (κ3) is 4.45. The number of hydrogen-bond acceptors (Lipinski definition) is 5. The molecule has 2 aromatic rings. The Morgan fingerprint density at radius 3 is 2.62 bits per heavy atom. The van der Waals surface area contributed by atoms with Crippen molar-refractivity contribution in [2.75, 3.05) is 13.1 Å². The van der Waals surface area contributed by atoms with Gasteiger partial charge in [0.2, 0.25) is 5.91 Å². The van der Waals surface area contributed by atoms with Gasteiger partial charge in [0.1, 0.15) is 5.82 Å². The molecule has 138 valence electrons. The number of carbonyl (C=O) groups excluding carboxylic acids is 1. The number of carboxylic acids is 1. The fourth-order valence-electron chi connectivity index (χ4n) is 3.27. The van der Waals surface area contributed by atoms with Gasteiger partial charge >= 0.3 is 5.97 Å². The molecule has 0 aliphatic carbocycles. The lowest BCUT2D eigenvalue weighted by atomic mass is 9.88. The number of pyridine rings is 1. The van der Waals surface area contributed by atoms with E-state index < -0.39 is 11.9 Å². The summed E-state index contributed by atoms with van der Waals surface area (Å²) in [5.74, 6) is -1.03. The van der Waals surface area contributed by atoms with Gasteiger partial charge in [-0.1, -0.05) is 0 Å². The molecule has 0 unspecified atom stereocenters. The summed E-state index contributed by atoms with van der Waals surface area (Å²) < 4.78 is 1.91. The highest BCUT2D eigenvalue weighted by Gasteiger charge is 2.35.